The molecule has 0 bridgehead atoms. The van der Waals surface area contributed by atoms with Gasteiger partial charge in [-0.25, -0.2) is 14.8 Å². The monoisotopic (exact) mass is 565 g/mol. The molecule has 1 aromatic carbocycles. The summed E-state index contributed by atoms with van der Waals surface area (Å²) in [5.74, 6) is -0.0170. The summed E-state index contributed by atoms with van der Waals surface area (Å²) in [6.45, 7) is 13.3. The van der Waals surface area contributed by atoms with Crippen molar-refractivity contribution in [1.82, 2.24) is 25.1 Å². The predicted molar refractivity (Wildman–Crippen MR) is 159 cm³/mol. The summed E-state index contributed by atoms with van der Waals surface area (Å²) in [7, 11) is 1.69. The van der Waals surface area contributed by atoms with Crippen LogP contribution in [0.4, 0.5) is 4.79 Å². The first-order chi connectivity index (χ1) is 19.6. The minimum atomic E-state index is -0.280. The molecule has 9 heteroatoms. The van der Waals surface area contributed by atoms with Gasteiger partial charge in [-0.3, -0.25) is 4.79 Å². The highest BCUT2D eigenvalue weighted by atomic mass is 16.6. The molecule has 224 valence electrons. The molecule has 1 aromatic heterocycles. The summed E-state index contributed by atoms with van der Waals surface area (Å²) in [6, 6.07) is 9.26. The topological polar surface area (TPSA) is 96.9 Å². The molecule has 2 aromatic rings. The molecule has 2 aliphatic heterocycles. The number of nitrogens with one attached hydrogen (secondary N) is 1. The minimum Gasteiger partial charge on any atom is -0.450 e. The van der Waals surface area contributed by atoms with E-state index in [9.17, 15) is 9.59 Å². The lowest BCUT2D eigenvalue weighted by Crippen LogP contribution is -2.58. The van der Waals surface area contributed by atoms with Crippen LogP contribution >= 0.6 is 0 Å². The van der Waals surface area contributed by atoms with E-state index in [0.717, 1.165) is 43.4 Å². The van der Waals surface area contributed by atoms with Crippen LogP contribution in [-0.2, 0) is 27.7 Å². The van der Waals surface area contributed by atoms with E-state index < -0.39 is 0 Å². The number of hydrogen-bond acceptors (Lipinski definition) is 7. The van der Waals surface area contributed by atoms with Crippen molar-refractivity contribution in [2.45, 2.75) is 90.3 Å². The van der Waals surface area contributed by atoms with E-state index in [1.807, 2.05) is 18.7 Å². The van der Waals surface area contributed by atoms with Gasteiger partial charge >= 0.3 is 6.09 Å². The SMILES string of the molecule is CCOC(=O)N1CCC(NC2CCN(C(=O)c3ncnc(CCc4ccc(C(C)(C)C)cc4)c3C)CC2)C(OC)C1. The number of amides is 2. The third-order valence-electron chi connectivity index (χ3n) is 8.48. The lowest BCUT2D eigenvalue weighted by Gasteiger charge is -2.41. The number of piperidine rings is 2. The zero-order valence-electron chi connectivity index (χ0n) is 25.6. The number of carbonyl (C=O) groups is 2. The Kier molecular flexibility index (Phi) is 10.4. The maximum absolute atomic E-state index is 13.5. The lowest BCUT2D eigenvalue weighted by atomic mass is 9.86. The van der Waals surface area contributed by atoms with Crippen LogP contribution in [0.5, 0.6) is 0 Å². The van der Waals surface area contributed by atoms with Crippen LogP contribution in [-0.4, -0.2) is 89.9 Å². The van der Waals surface area contributed by atoms with Crippen LogP contribution in [0.2, 0.25) is 0 Å². The summed E-state index contributed by atoms with van der Waals surface area (Å²) in [5, 5.41) is 3.75. The third kappa shape index (κ3) is 7.83. The molecule has 4 rings (SSSR count). The first-order valence-corrected chi connectivity index (χ1v) is 15.0. The minimum absolute atomic E-state index is 0.0170. The van der Waals surface area contributed by atoms with Gasteiger partial charge in [-0.1, -0.05) is 45.0 Å². The van der Waals surface area contributed by atoms with E-state index in [1.165, 1.54) is 17.5 Å². The highest BCUT2D eigenvalue weighted by Crippen LogP contribution is 2.24. The number of methoxy groups -OCH3 is 1. The molecule has 2 aliphatic rings. The van der Waals surface area contributed by atoms with Crippen molar-refractivity contribution in [1.29, 1.82) is 0 Å². The van der Waals surface area contributed by atoms with E-state index in [4.69, 9.17) is 9.47 Å². The molecule has 0 saturated carbocycles. The fourth-order valence-electron chi connectivity index (χ4n) is 5.82. The Morgan fingerprint density at radius 1 is 1.00 bits per heavy atom. The number of aryl methyl sites for hydroxylation is 2. The van der Waals surface area contributed by atoms with Crippen LogP contribution in [0.3, 0.4) is 0 Å². The normalized spacial score (nSPS) is 20.2. The number of aromatic nitrogens is 2. The molecule has 0 radical (unpaired) electrons. The maximum atomic E-state index is 13.5. The van der Waals surface area contributed by atoms with E-state index in [2.05, 4.69) is 60.3 Å². The Labute approximate surface area is 245 Å². The van der Waals surface area contributed by atoms with Gasteiger partial charge in [0.15, 0.2) is 0 Å². The first kappa shape index (κ1) is 30.9. The van der Waals surface area contributed by atoms with Crippen molar-refractivity contribution in [2.75, 3.05) is 39.9 Å². The Hall–Kier alpha value is -3.04. The number of likely N-dealkylation sites (tertiary alicyclic amines) is 2. The maximum Gasteiger partial charge on any atom is 0.409 e. The van der Waals surface area contributed by atoms with Gasteiger partial charge in [-0.2, -0.15) is 0 Å². The van der Waals surface area contributed by atoms with E-state index in [1.54, 1.807) is 12.0 Å². The van der Waals surface area contributed by atoms with Crippen LogP contribution in [0.1, 0.15) is 79.8 Å². The van der Waals surface area contributed by atoms with Gasteiger partial charge in [0.05, 0.1) is 19.3 Å². The number of ether oxygens (including phenoxy) is 2. The third-order valence-corrected chi connectivity index (χ3v) is 8.48. The molecule has 2 fully saturated rings. The molecule has 2 atom stereocenters. The van der Waals surface area contributed by atoms with Crippen molar-refractivity contribution in [2.24, 2.45) is 0 Å². The highest BCUT2D eigenvalue weighted by molar-refractivity contribution is 5.93. The smallest absolute Gasteiger partial charge is 0.409 e. The number of benzene rings is 1. The Balaban J connectivity index is 1.29. The van der Waals surface area contributed by atoms with Crippen LogP contribution < -0.4 is 5.32 Å². The summed E-state index contributed by atoms with van der Waals surface area (Å²) >= 11 is 0. The van der Waals surface area contributed by atoms with Crippen molar-refractivity contribution in [3.8, 4) is 0 Å². The highest BCUT2D eigenvalue weighted by Gasteiger charge is 2.34. The van der Waals surface area contributed by atoms with Crippen molar-refractivity contribution >= 4 is 12.0 Å². The molecule has 2 amide bonds. The van der Waals surface area contributed by atoms with Gasteiger partial charge in [-0.15, -0.1) is 0 Å². The quantitative estimate of drug-likeness (QED) is 0.510. The Morgan fingerprint density at radius 3 is 2.32 bits per heavy atom. The lowest BCUT2D eigenvalue weighted by molar-refractivity contribution is -0.00112. The van der Waals surface area contributed by atoms with Crippen LogP contribution in [0.15, 0.2) is 30.6 Å². The van der Waals surface area contributed by atoms with E-state index >= 15 is 0 Å². The molecule has 0 spiro atoms. The second kappa shape index (κ2) is 13.7. The summed E-state index contributed by atoms with van der Waals surface area (Å²) in [4.78, 5) is 38.2. The second-order valence-corrected chi connectivity index (χ2v) is 12.3. The standard InChI is InChI=1S/C32H47N5O4/c1-7-41-31(39)37-19-16-27(28(20-37)40-6)35-25-14-17-36(18-15-25)30(38)29-22(2)26(33-21-34-29)13-10-23-8-11-24(12-9-23)32(3,4)5/h8-9,11-12,21,25,27-28,35H,7,10,13-20H2,1-6H3. The summed E-state index contributed by atoms with van der Waals surface area (Å²) < 4.78 is 10.9. The van der Waals surface area contributed by atoms with E-state index in [-0.39, 0.29) is 29.6 Å². The van der Waals surface area contributed by atoms with Crippen LogP contribution in [0.25, 0.3) is 0 Å². The Morgan fingerprint density at radius 2 is 1.68 bits per heavy atom. The molecular weight excluding hydrogens is 518 g/mol. The molecule has 41 heavy (non-hydrogen) atoms. The Bertz CT molecular complexity index is 1170. The first-order valence-electron chi connectivity index (χ1n) is 15.0. The zero-order chi connectivity index (χ0) is 29.6. The average Bonchev–Trinajstić information content (AvgIpc) is 2.97. The molecule has 1 N–H and O–H groups in total. The number of nitrogens with zero attached hydrogens (tertiary/aromatic N) is 4. The van der Waals surface area contributed by atoms with Gasteiger partial charge in [-0.05, 0) is 62.5 Å². The predicted octanol–water partition coefficient (Wildman–Crippen LogP) is 4.31. The zero-order valence-corrected chi connectivity index (χ0v) is 25.6. The fourth-order valence-corrected chi connectivity index (χ4v) is 5.82. The van der Waals surface area contributed by atoms with Crippen molar-refractivity contribution < 1.29 is 19.1 Å². The number of hydrogen-bond donors (Lipinski definition) is 1. The molecule has 2 saturated heterocycles. The molecule has 0 aliphatic carbocycles. The largest absolute Gasteiger partial charge is 0.450 e. The number of carbonyl (C=O) groups excluding carboxylic acids is 2. The van der Waals surface area contributed by atoms with Gasteiger partial charge in [0.25, 0.3) is 5.91 Å². The van der Waals surface area contributed by atoms with Gasteiger partial charge < -0.3 is 24.6 Å². The van der Waals surface area contributed by atoms with Gasteiger partial charge in [0, 0.05) is 50.1 Å². The summed E-state index contributed by atoms with van der Waals surface area (Å²) in [5.41, 5.74) is 5.04. The molecule has 2 unspecified atom stereocenters. The molecule has 3 heterocycles. The summed E-state index contributed by atoms with van der Waals surface area (Å²) in [6.07, 6.45) is 5.33. The number of rotatable bonds is 8. The van der Waals surface area contributed by atoms with Crippen molar-refractivity contribution in [3.63, 3.8) is 0 Å². The van der Waals surface area contributed by atoms with Gasteiger partial charge in [0.2, 0.25) is 0 Å². The average molecular weight is 566 g/mol. The second-order valence-electron chi connectivity index (χ2n) is 12.3. The molecular formula is C32H47N5O4. The molecule has 9 nitrogen and oxygen atoms in total. The van der Waals surface area contributed by atoms with Crippen molar-refractivity contribution in [3.05, 3.63) is 58.7 Å². The van der Waals surface area contributed by atoms with E-state index in [0.29, 0.717) is 44.5 Å². The van der Waals surface area contributed by atoms with Gasteiger partial charge in [0.1, 0.15) is 12.0 Å². The fraction of sp³-hybridized carbons (Fsp3) is 0.625. The van der Waals surface area contributed by atoms with Crippen LogP contribution in [0, 0.1) is 6.92 Å².